The molecule has 0 spiro atoms. The molecule has 2 aromatic rings. The van der Waals surface area contributed by atoms with Gasteiger partial charge in [0.05, 0.1) is 12.7 Å². The van der Waals surface area contributed by atoms with Crippen LogP contribution >= 0.6 is 0 Å². The third-order valence-electron chi connectivity index (χ3n) is 6.18. The standard InChI is InChI=1S/C25H32O5/c1-24(18-26,19-10-5-3-6-11-19)17-9-14-21(27)15-16-22(28)25(2,23(29)30)20-12-7-4-8-13-20/h3-8,10-13,22,26,28H,9,14-18H2,1-2H3,(H,29,30). The highest BCUT2D eigenvalue weighted by molar-refractivity contribution is 5.82. The van der Waals surface area contributed by atoms with Crippen LogP contribution in [0.3, 0.4) is 0 Å². The minimum atomic E-state index is -1.47. The molecule has 30 heavy (non-hydrogen) atoms. The molecular weight excluding hydrogens is 380 g/mol. The zero-order chi connectivity index (χ0) is 22.2. The Labute approximate surface area is 178 Å². The number of Topliss-reactive ketones (excluding diaryl/α,β-unsaturated/α-hetero) is 1. The number of carbonyl (C=O) groups is 2. The maximum Gasteiger partial charge on any atom is 0.316 e. The smallest absolute Gasteiger partial charge is 0.316 e. The molecular formula is C25H32O5. The fourth-order valence-corrected chi connectivity index (χ4v) is 3.79. The Balaban J connectivity index is 1.90. The van der Waals surface area contributed by atoms with Crippen LogP contribution in [0.1, 0.15) is 57.1 Å². The molecule has 162 valence electrons. The van der Waals surface area contributed by atoms with Crippen molar-refractivity contribution in [3.63, 3.8) is 0 Å². The summed E-state index contributed by atoms with van der Waals surface area (Å²) in [4.78, 5) is 24.3. The van der Waals surface area contributed by atoms with Crippen molar-refractivity contribution in [3.8, 4) is 0 Å². The molecule has 0 amide bonds. The zero-order valence-electron chi connectivity index (χ0n) is 17.8. The van der Waals surface area contributed by atoms with Crippen LogP contribution in [-0.2, 0) is 20.4 Å². The number of aliphatic hydroxyl groups is 2. The molecule has 0 saturated heterocycles. The van der Waals surface area contributed by atoms with E-state index in [1.807, 2.05) is 37.3 Å². The van der Waals surface area contributed by atoms with Crippen LogP contribution in [0.15, 0.2) is 60.7 Å². The maximum absolute atomic E-state index is 12.4. The van der Waals surface area contributed by atoms with Crippen molar-refractivity contribution in [2.24, 2.45) is 0 Å². The summed E-state index contributed by atoms with van der Waals surface area (Å²) >= 11 is 0. The van der Waals surface area contributed by atoms with E-state index >= 15 is 0 Å². The summed E-state index contributed by atoms with van der Waals surface area (Å²) in [5.74, 6) is -1.13. The highest BCUT2D eigenvalue weighted by Crippen LogP contribution is 2.32. The van der Waals surface area contributed by atoms with Crippen molar-refractivity contribution < 1.29 is 24.9 Å². The van der Waals surface area contributed by atoms with E-state index in [1.165, 1.54) is 6.92 Å². The second-order valence-corrected chi connectivity index (χ2v) is 8.41. The molecule has 3 unspecified atom stereocenters. The summed E-state index contributed by atoms with van der Waals surface area (Å²) in [6, 6.07) is 18.4. The predicted molar refractivity (Wildman–Crippen MR) is 116 cm³/mol. The number of carboxylic acid groups (broad SMARTS) is 1. The monoisotopic (exact) mass is 412 g/mol. The van der Waals surface area contributed by atoms with E-state index in [4.69, 9.17) is 0 Å². The van der Waals surface area contributed by atoms with Crippen LogP contribution in [0.5, 0.6) is 0 Å². The molecule has 2 rings (SSSR count). The van der Waals surface area contributed by atoms with Gasteiger partial charge in [-0.3, -0.25) is 9.59 Å². The predicted octanol–water partition coefficient (Wildman–Crippen LogP) is 3.86. The Morgan fingerprint density at radius 1 is 0.900 bits per heavy atom. The molecule has 0 aliphatic rings. The van der Waals surface area contributed by atoms with Gasteiger partial charge in [-0.25, -0.2) is 0 Å². The average Bonchev–Trinajstić information content (AvgIpc) is 2.77. The number of rotatable bonds is 12. The largest absolute Gasteiger partial charge is 0.481 e. The average molecular weight is 413 g/mol. The number of carboxylic acids is 1. The van der Waals surface area contributed by atoms with E-state index in [0.717, 1.165) is 5.56 Å². The summed E-state index contributed by atoms with van der Waals surface area (Å²) in [6.07, 6.45) is 0.664. The lowest BCUT2D eigenvalue weighted by atomic mass is 9.75. The van der Waals surface area contributed by atoms with E-state index in [9.17, 15) is 24.9 Å². The third kappa shape index (κ3) is 5.55. The molecule has 0 heterocycles. The molecule has 5 heteroatoms. The van der Waals surface area contributed by atoms with Crippen molar-refractivity contribution in [1.29, 1.82) is 0 Å². The molecule has 0 fully saturated rings. The Kier molecular flexibility index (Phi) is 8.33. The molecule has 2 aromatic carbocycles. The fraction of sp³-hybridized carbons (Fsp3) is 0.440. The van der Waals surface area contributed by atoms with Crippen molar-refractivity contribution >= 4 is 11.8 Å². The van der Waals surface area contributed by atoms with Gasteiger partial charge in [-0.15, -0.1) is 0 Å². The molecule has 0 bridgehead atoms. The SMILES string of the molecule is CC(CO)(CCCC(=O)CCC(O)C(C)(C(=O)O)c1ccccc1)c1ccccc1. The number of aliphatic hydroxyl groups excluding tert-OH is 2. The van der Waals surface area contributed by atoms with Gasteiger partial charge in [0.1, 0.15) is 11.2 Å². The van der Waals surface area contributed by atoms with Gasteiger partial charge >= 0.3 is 5.97 Å². The summed E-state index contributed by atoms with van der Waals surface area (Å²) in [5, 5.41) is 30.2. The third-order valence-corrected chi connectivity index (χ3v) is 6.18. The van der Waals surface area contributed by atoms with Crippen LogP contribution in [0.25, 0.3) is 0 Å². The Bertz CT molecular complexity index is 820. The minimum Gasteiger partial charge on any atom is -0.481 e. The van der Waals surface area contributed by atoms with E-state index in [-0.39, 0.29) is 25.2 Å². The van der Waals surface area contributed by atoms with Gasteiger partial charge < -0.3 is 15.3 Å². The van der Waals surface area contributed by atoms with E-state index in [2.05, 4.69) is 0 Å². The van der Waals surface area contributed by atoms with Crippen molar-refractivity contribution in [3.05, 3.63) is 71.8 Å². The fourth-order valence-electron chi connectivity index (χ4n) is 3.79. The van der Waals surface area contributed by atoms with Gasteiger partial charge in [-0.05, 0) is 37.3 Å². The van der Waals surface area contributed by atoms with Gasteiger partial charge in [0.15, 0.2) is 0 Å². The van der Waals surface area contributed by atoms with Gasteiger partial charge in [0, 0.05) is 18.3 Å². The minimum absolute atomic E-state index is 0.00202. The summed E-state index contributed by atoms with van der Waals surface area (Å²) in [7, 11) is 0. The number of aliphatic carboxylic acids is 1. The van der Waals surface area contributed by atoms with Crippen molar-refractivity contribution in [2.45, 2.75) is 62.9 Å². The normalized spacial score (nSPS) is 16.3. The number of benzene rings is 2. The highest BCUT2D eigenvalue weighted by atomic mass is 16.4. The lowest BCUT2D eigenvalue weighted by Crippen LogP contribution is -2.44. The second kappa shape index (κ2) is 10.5. The molecule has 0 aliphatic heterocycles. The number of hydrogen-bond donors (Lipinski definition) is 3. The van der Waals surface area contributed by atoms with Crippen LogP contribution < -0.4 is 0 Å². The van der Waals surface area contributed by atoms with Gasteiger partial charge in [0.25, 0.3) is 0 Å². The molecule has 0 saturated carbocycles. The van der Waals surface area contributed by atoms with E-state index < -0.39 is 22.9 Å². The van der Waals surface area contributed by atoms with Crippen LogP contribution in [0.4, 0.5) is 0 Å². The molecule has 3 atom stereocenters. The number of ketones is 1. The van der Waals surface area contributed by atoms with E-state index in [0.29, 0.717) is 24.8 Å². The first kappa shape index (κ1) is 23.8. The van der Waals surface area contributed by atoms with Gasteiger partial charge in [0.2, 0.25) is 0 Å². The lowest BCUT2D eigenvalue weighted by Gasteiger charge is -2.31. The maximum atomic E-state index is 12.4. The summed E-state index contributed by atoms with van der Waals surface area (Å²) in [5.41, 5.74) is -0.324. The van der Waals surface area contributed by atoms with Crippen LogP contribution in [0, 0.1) is 0 Å². The first-order valence-electron chi connectivity index (χ1n) is 10.4. The Morgan fingerprint density at radius 3 is 1.93 bits per heavy atom. The van der Waals surface area contributed by atoms with Crippen LogP contribution in [-0.4, -0.2) is 39.8 Å². The van der Waals surface area contributed by atoms with Crippen molar-refractivity contribution in [1.82, 2.24) is 0 Å². The first-order valence-corrected chi connectivity index (χ1v) is 10.4. The second-order valence-electron chi connectivity index (χ2n) is 8.41. The number of carbonyl (C=O) groups excluding carboxylic acids is 1. The van der Waals surface area contributed by atoms with Gasteiger partial charge in [-0.2, -0.15) is 0 Å². The molecule has 3 N–H and O–H groups in total. The zero-order valence-corrected chi connectivity index (χ0v) is 17.8. The quantitative estimate of drug-likeness (QED) is 0.492. The topological polar surface area (TPSA) is 94.8 Å². The van der Waals surface area contributed by atoms with Crippen molar-refractivity contribution in [2.75, 3.05) is 6.61 Å². The summed E-state index contributed by atoms with van der Waals surface area (Å²) in [6.45, 7) is 3.47. The summed E-state index contributed by atoms with van der Waals surface area (Å²) < 4.78 is 0. The first-order chi connectivity index (χ1) is 14.2. The van der Waals surface area contributed by atoms with Crippen LogP contribution in [0.2, 0.25) is 0 Å². The highest BCUT2D eigenvalue weighted by Gasteiger charge is 2.42. The van der Waals surface area contributed by atoms with Gasteiger partial charge in [-0.1, -0.05) is 67.6 Å². The number of hydrogen-bond acceptors (Lipinski definition) is 4. The Hall–Kier alpha value is -2.50. The Morgan fingerprint density at radius 2 is 1.43 bits per heavy atom. The van der Waals surface area contributed by atoms with E-state index in [1.54, 1.807) is 30.3 Å². The molecule has 0 radical (unpaired) electrons. The lowest BCUT2D eigenvalue weighted by molar-refractivity contribution is -0.148. The molecule has 0 aliphatic carbocycles. The molecule has 5 nitrogen and oxygen atoms in total. The molecule has 0 aromatic heterocycles.